The average Bonchev–Trinajstić information content (AvgIpc) is 2.69. The molecule has 0 saturated carbocycles. The van der Waals surface area contributed by atoms with Crippen molar-refractivity contribution in [1.82, 2.24) is 0 Å². The molecular weight excluding hydrogens is 357 g/mol. The molecule has 4 nitrogen and oxygen atoms in total. The molecule has 0 aliphatic heterocycles. The Morgan fingerprint density at radius 1 is 1.11 bits per heavy atom. The minimum atomic E-state index is -0.596. The van der Waals surface area contributed by atoms with Crippen molar-refractivity contribution in [2.45, 2.75) is 26.2 Å². The topological polar surface area (TPSA) is 55.4 Å². The normalized spacial score (nSPS) is 12.6. The van der Waals surface area contributed by atoms with E-state index in [2.05, 4.69) is 5.32 Å². The Kier molecular flexibility index (Phi) is 8.15. The fourth-order valence-corrected chi connectivity index (χ4v) is 2.63. The van der Waals surface area contributed by atoms with Crippen molar-refractivity contribution in [3.8, 4) is 0 Å². The SMILES string of the molecule is CC/C=C\C=C(/C)C(C(=O)OCC(=O)Nc1ccc(F)cc1)c1ccccc1. The Hall–Kier alpha value is -3.21. The minimum Gasteiger partial charge on any atom is -0.455 e. The number of hydrogen-bond acceptors (Lipinski definition) is 3. The number of anilines is 1. The van der Waals surface area contributed by atoms with E-state index in [-0.39, 0.29) is 0 Å². The molecule has 2 rings (SSSR count). The van der Waals surface area contributed by atoms with Crippen molar-refractivity contribution in [3.05, 3.63) is 89.8 Å². The molecule has 28 heavy (non-hydrogen) atoms. The smallest absolute Gasteiger partial charge is 0.318 e. The number of halogens is 1. The van der Waals surface area contributed by atoms with Crippen LogP contribution in [-0.2, 0) is 14.3 Å². The van der Waals surface area contributed by atoms with Crippen molar-refractivity contribution in [1.29, 1.82) is 0 Å². The molecule has 0 radical (unpaired) electrons. The van der Waals surface area contributed by atoms with Gasteiger partial charge in [0.25, 0.3) is 5.91 Å². The molecular formula is C23H24FNO3. The summed E-state index contributed by atoms with van der Waals surface area (Å²) < 4.78 is 18.2. The van der Waals surface area contributed by atoms with Crippen LogP contribution in [0, 0.1) is 5.82 Å². The zero-order chi connectivity index (χ0) is 20.4. The fourth-order valence-electron chi connectivity index (χ4n) is 2.63. The van der Waals surface area contributed by atoms with Crippen molar-refractivity contribution in [3.63, 3.8) is 0 Å². The lowest BCUT2D eigenvalue weighted by atomic mass is 9.91. The molecule has 1 N–H and O–H groups in total. The minimum absolute atomic E-state index is 0.394. The summed E-state index contributed by atoms with van der Waals surface area (Å²) in [5.41, 5.74) is 2.05. The quantitative estimate of drug-likeness (QED) is 0.517. The van der Waals surface area contributed by atoms with Gasteiger partial charge in [0.15, 0.2) is 6.61 Å². The summed E-state index contributed by atoms with van der Waals surface area (Å²) in [4.78, 5) is 24.7. The number of benzene rings is 2. The van der Waals surface area contributed by atoms with Gasteiger partial charge in [0.05, 0.1) is 0 Å². The van der Waals surface area contributed by atoms with Crippen molar-refractivity contribution in [2.75, 3.05) is 11.9 Å². The highest BCUT2D eigenvalue weighted by Crippen LogP contribution is 2.25. The van der Waals surface area contributed by atoms with Crippen LogP contribution in [0.25, 0.3) is 0 Å². The van der Waals surface area contributed by atoms with E-state index in [1.165, 1.54) is 24.3 Å². The number of nitrogens with one attached hydrogen (secondary N) is 1. The van der Waals surface area contributed by atoms with Gasteiger partial charge in [-0.05, 0) is 43.2 Å². The molecule has 2 aromatic carbocycles. The van der Waals surface area contributed by atoms with E-state index in [0.717, 1.165) is 17.6 Å². The predicted molar refractivity (Wildman–Crippen MR) is 108 cm³/mol. The lowest BCUT2D eigenvalue weighted by Crippen LogP contribution is -2.24. The highest BCUT2D eigenvalue weighted by molar-refractivity contribution is 5.93. The highest BCUT2D eigenvalue weighted by atomic mass is 19.1. The summed E-state index contributed by atoms with van der Waals surface area (Å²) in [7, 11) is 0. The molecule has 0 aromatic heterocycles. The number of allylic oxidation sites excluding steroid dienone is 3. The third-order valence-corrected chi connectivity index (χ3v) is 4.03. The van der Waals surface area contributed by atoms with Gasteiger partial charge >= 0.3 is 5.97 Å². The Labute approximate surface area is 164 Å². The molecule has 0 spiro atoms. The second-order valence-corrected chi connectivity index (χ2v) is 6.25. The van der Waals surface area contributed by atoms with Crippen LogP contribution in [0.3, 0.4) is 0 Å². The third-order valence-electron chi connectivity index (χ3n) is 4.03. The van der Waals surface area contributed by atoms with E-state index in [4.69, 9.17) is 4.74 Å². The molecule has 2 aromatic rings. The molecule has 0 fully saturated rings. The van der Waals surface area contributed by atoms with Crippen LogP contribution in [0.2, 0.25) is 0 Å². The number of carbonyl (C=O) groups is 2. The number of amides is 1. The summed E-state index contributed by atoms with van der Waals surface area (Å²) in [5, 5.41) is 2.57. The fraction of sp³-hybridized carbons (Fsp3) is 0.217. The molecule has 0 heterocycles. The molecule has 1 unspecified atom stereocenters. The largest absolute Gasteiger partial charge is 0.455 e. The van der Waals surface area contributed by atoms with Gasteiger partial charge in [-0.1, -0.05) is 61.1 Å². The van der Waals surface area contributed by atoms with E-state index < -0.39 is 30.2 Å². The Balaban J connectivity index is 2.05. The number of rotatable bonds is 8. The van der Waals surface area contributed by atoms with Crippen molar-refractivity contribution in [2.24, 2.45) is 0 Å². The number of carbonyl (C=O) groups excluding carboxylic acids is 2. The van der Waals surface area contributed by atoms with E-state index >= 15 is 0 Å². The Morgan fingerprint density at radius 3 is 2.43 bits per heavy atom. The second-order valence-electron chi connectivity index (χ2n) is 6.25. The molecule has 0 bridgehead atoms. The average molecular weight is 381 g/mol. The molecule has 5 heteroatoms. The van der Waals surface area contributed by atoms with Gasteiger partial charge in [0.1, 0.15) is 11.7 Å². The first-order valence-electron chi connectivity index (χ1n) is 9.11. The van der Waals surface area contributed by atoms with Crippen LogP contribution < -0.4 is 5.32 Å². The van der Waals surface area contributed by atoms with Crippen LogP contribution in [0.15, 0.2) is 78.4 Å². The second kappa shape index (κ2) is 10.8. The first-order chi connectivity index (χ1) is 13.5. The molecule has 0 aliphatic rings. The van der Waals surface area contributed by atoms with Crippen molar-refractivity contribution < 1.29 is 18.7 Å². The summed E-state index contributed by atoms with van der Waals surface area (Å²) in [5.74, 6) is -1.98. The third kappa shape index (κ3) is 6.50. The molecule has 0 aliphatic carbocycles. The number of esters is 1. The molecule has 1 atom stereocenters. The van der Waals surface area contributed by atoms with Gasteiger partial charge in [0.2, 0.25) is 0 Å². The Bertz CT molecular complexity index is 842. The summed E-state index contributed by atoms with van der Waals surface area (Å²) in [6, 6.07) is 14.6. The van der Waals surface area contributed by atoms with Gasteiger partial charge in [-0.15, -0.1) is 0 Å². The zero-order valence-corrected chi connectivity index (χ0v) is 16.0. The number of hydrogen-bond donors (Lipinski definition) is 1. The van der Waals surface area contributed by atoms with E-state index in [0.29, 0.717) is 5.69 Å². The molecule has 146 valence electrons. The zero-order valence-electron chi connectivity index (χ0n) is 16.0. The van der Waals surface area contributed by atoms with Gasteiger partial charge in [0, 0.05) is 5.69 Å². The van der Waals surface area contributed by atoms with Crippen molar-refractivity contribution >= 4 is 17.6 Å². The van der Waals surface area contributed by atoms with Crippen LogP contribution in [0.5, 0.6) is 0 Å². The van der Waals surface area contributed by atoms with Crippen LogP contribution in [-0.4, -0.2) is 18.5 Å². The van der Waals surface area contributed by atoms with Gasteiger partial charge < -0.3 is 10.1 Å². The first kappa shape index (κ1) is 21.1. The maximum absolute atomic E-state index is 12.9. The monoisotopic (exact) mass is 381 g/mol. The lowest BCUT2D eigenvalue weighted by molar-refractivity contribution is -0.148. The van der Waals surface area contributed by atoms with E-state index in [1.807, 2.05) is 62.4 Å². The summed E-state index contributed by atoms with van der Waals surface area (Å²) >= 11 is 0. The van der Waals surface area contributed by atoms with E-state index in [1.54, 1.807) is 0 Å². The first-order valence-corrected chi connectivity index (χ1v) is 9.11. The van der Waals surface area contributed by atoms with Crippen LogP contribution in [0.4, 0.5) is 10.1 Å². The molecule has 0 saturated heterocycles. The predicted octanol–water partition coefficient (Wildman–Crippen LogP) is 5.00. The maximum atomic E-state index is 12.9. The van der Waals surface area contributed by atoms with Crippen LogP contribution >= 0.6 is 0 Å². The standard InChI is InChI=1S/C23H24FNO3/c1-3-4-6-9-17(2)22(18-10-7-5-8-11-18)23(27)28-16-21(26)25-20-14-12-19(24)13-15-20/h4-15,22H,3,16H2,1-2H3,(H,25,26)/b6-4-,17-9+. The van der Waals surface area contributed by atoms with E-state index in [9.17, 15) is 14.0 Å². The maximum Gasteiger partial charge on any atom is 0.318 e. The Morgan fingerprint density at radius 2 is 1.79 bits per heavy atom. The van der Waals surface area contributed by atoms with Crippen LogP contribution in [0.1, 0.15) is 31.7 Å². The van der Waals surface area contributed by atoms with Gasteiger partial charge in [-0.2, -0.15) is 0 Å². The molecule has 1 amide bonds. The summed E-state index contributed by atoms with van der Waals surface area (Å²) in [6.45, 7) is 3.47. The highest BCUT2D eigenvalue weighted by Gasteiger charge is 2.24. The van der Waals surface area contributed by atoms with Gasteiger partial charge in [-0.3, -0.25) is 9.59 Å². The van der Waals surface area contributed by atoms with Gasteiger partial charge in [-0.25, -0.2) is 4.39 Å². The number of ether oxygens (including phenoxy) is 1. The lowest BCUT2D eigenvalue weighted by Gasteiger charge is -2.17. The summed E-state index contributed by atoms with van der Waals surface area (Å²) in [6.07, 6.45) is 6.67.